The number of hydrazine groups is 1. The SMILES string of the molecule is COC1(C(Cc2ccc(Br)cn2)NN)CCC(C)CC1. The number of ether oxygens (including phenoxy) is 1. The van der Waals surface area contributed by atoms with Crippen LogP contribution in [0.3, 0.4) is 0 Å². The van der Waals surface area contributed by atoms with E-state index in [1.807, 2.05) is 18.3 Å². The summed E-state index contributed by atoms with van der Waals surface area (Å²) in [5.74, 6) is 6.59. The number of hydrogen-bond donors (Lipinski definition) is 2. The van der Waals surface area contributed by atoms with Crippen LogP contribution in [0, 0.1) is 5.92 Å². The Morgan fingerprint density at radius 3 is 2.70 bits per heavy atom. The summed E-state index contributed by atoms with van der Waals surface area (Å²) in [6.07, 6.45) is 7.10. The molecule has 112 valence electrons. The average Bonchev–Trinajstić information content (AvgIpc) is 2.48. The predicted molar refractivity (Wildman–Crippen MR) is 84.1 cm³/mol. The van der Waals surface area contributed by atoms with Crippen molar-refractivity contribution in [1.82, 2.24) is 10.4 Å². The van der Waals surface area contributed by atoms with Crippen molar-refractivity contribution in [2.75, 3.05) is 7.11 Å². The Morgan fingerprint density at radius 1 is 1.50 bits per heavy atom. The Hall–Kier alpha value is -0.490. The first-order valence-electron chi connectivity index (χ1n) is 7.21. The fourth-order valence-electron chi connectivity index (χ4n) is 3.08. The Bertz CT molecular complexity index is 416. The third kappa shape index (κ3) is 3.58. The van der Waals surface area contributed by atoms with Gasteiger partial charge in [0, 0.05) is 29.9 Å². The maximum atomic E-state index is 5.90. The zero-order chi connectivity index (χ0) is 14.6. The molecule has 3 N–H and O–H groups in total. The molecule has 1 fully saturated rings. The molecule has 0 bridgehead atoms. The quantitative estimate of drug-likeness (QED) is 0.638. The highest BCUT2D eigenvalue weighted by Gasteiger charge is 2.41. The smallest absolute Gasteiger partial charge is 0.0848 e. The van der Waals surface area contributed by atoms with E-state index in [-0.39, 0.29) is 11.6 Å². The molecule has 0 aromatic carbocycles. The van der Waals surface area contributed by atoms with Gasteiger partial charge in [0.15, 0.2) is 0 Å². The van der Waals surface area contributed by atoms with Crippen LogP contribution >= 0.6 is 15.9 Å². The molecule has 0 saturated heterocycles. The molecular weight excluding hydrogens is 318 g/mol. The Labute approximate surface area is 129 Å². The molecule has 1 atom stereocenters. The van der Waals surface area contributed by atoms with Crippen molar-refractivity contribution < 1.29 is 4.74 Å². The summed E-state index contributed by atoms with van der Waals surface area (Å²) < 4.78 is 6.89. The number of halogens is 1. The van der Waals surface area contributed by atoms with Gasteiger partial charge in [0.2, 0.25) is 0 Å². The second-order valence-electron chi connectivity index (χ2n) is 5.84. The lowest BCUT2D eigenvalue weighted by Crippen LogP contribution is -2.57. The summed E-state index contributed by atoms with van der Waals surface area (Å²) in [6.45, 7) is 2.31. The van der Waals surface area contributed by atoms with Gasteiger partial charge in [-0.15, -0.1) is 0 Å². The molecule has 1 heterocycles. The Balaban J connectivity index is 2.11. The highest BCUT2D eigenvalue weighted by Crippen LogP contribution is 2.37. The second-order valence-corrected chi connectivity index (χ2v) is 6.76. The summed E-state index contributed by atoms with van der Waals surface area (Å²) in [6, 6.07) is 4.13. The molecule has 20 heavy (non-hydrogen) atoms. The first kappa shape index (κ1) is 15.9. The van der Waals surface area contributed by atoms with Crippen LogP contribution in [0.2, 0.25) is 0 Å². The zero-order valence-corrected chi connectivity index (χ0v) is 13.8. The van der Waals surface area contributed by atoms with Crippen LogP contribution in [0.4, 0.5) is 0 Å². The van der Waals surface area contributed by atoms with E-state index in [1.54, 1.807) is 7.11 Å². The van der Waals surface area contributed by atoms with Gasteiger partial charge in [0.25, 0.3) is 0 Å². The summed E-state index contributed by atoms with van der Waals surface area (Å²) in [4.78, 5) is 4.44. The van der Waals surface area contributed by atoms with E-state index in [1.165, 1.54) is 12.8 Å². The number of pyridine rings is 1. The minimum Gasteiger partial charge on any atom is -0.377 e. The topological polar surface area (TPSA) is 60.2 Å². The lowest BCUT2D eigenvalue weighted by atomic mass is 9.74. The number of nitrogens with zero attached hydrogens (tertiary/aromatic N) is 1. The Morgan fingerprint density at radius 2 is 2.20 bits per heavy atom. The zero-order valence-electron chi connectivity index (χ0n) is 12.2. The van der Waals surface area contributed by atoms with Gasteiger partial charge in [0.1, 0.15) is 0 Å². The lowest BCUT2D eigenvalue weighted by Gasteiger charge is -2.43. The van der Waals surface area contributed by atoms with Crippen molar-refractivity contribution in [2.24, 2.45) is 11.8 Å². The number of hydrogen-bond acceptors (Lipinski definition) is 4. The summed E-state index contributed by atoms with van der Waals surface area (Å²) in [5.41, 5.74) is 3.83. The van der Waals surface area contributed by atoms with E-state index in [4.69, 9.17) is 10.6 Å². The number of rotatable bonds is 5. The molecule has 1 unspecified atom stereocenters. The molecule has 1 aliphatic rings. The maximum absolute atomic E-state index is 5.90. The lowest BCUT2D eigenvalue weighted by molar-refractivity contribution is -0.0748. The van der Waals surface area contributed by atoms with Gasteiger partial charge in [-0.25, -0.2) is 0 Å². The molecule has 1 aliphatic carbocycles. The third-order valence-electron chi connectivity index (χ3n) is 4.57. The van der Waals surface area contributed by atoms with Crippen molar-refractivity contribution in [3.63, 3.8) is 0 Å². The molecule has 4 nitrogen and oxygen atoms in total. The van der Waals surface area contributed by atoms with Gasteiger partial charge in [-0.3, -0.25) is 16.3 Å². The van der Waals surface area contributed by atoms with Gasteiger partial charge >= 0.3 is 0 Å². The number of nitrogens with two attached hydrogens (primary N) is 1. The highest BCUT2D eigenvalue weighted by molar-refractivity contribution is 9.10. The van der Waals surface area contributed by atoms with E-state index < -0.39 is 0 Å². The van der Waals surface area contributed by atoms with Gasteiger partial charge in [-0.1, -0.05) is 6.92 Å². The highest BCUT2D eigenvalue weighted by atomic mass is 79.9. The van der Waals surface area contributed by atoms with Crippen LogP contribution in [-0.4, -0.2) is 23.7 Å². The van der Waals surface area contributed by atoms with Crippen molar-refractivity contribution in [2.45, 2.75) is 50.7 Å². The Kier molecular flexibility index (Phi) is 5.55. The molecule has 1 saturated carbocycles. The molecule has 1 aromatic rings. The monoisotopic (exact) mass is 341 g/mol. The second kappa shape index (κ2) is 6.98. The van der Waals surface area contributed by atoms with Crippen LogP contribution in [0.15, 0.2) is 22.8 Å². The van der Waals surface area contributed by atoms with E-state index in [2.05, 4.69) is 33.3 Å². The van der Waals surface area contributed by atoms with Crippen molar-refractivity contribution in [3.8, 4) is 0 Å². The molecule has 0 amide bonds. The van der Waals surface area contributed by atoms with Crippen molar-refractivity contribution >= 4 is 15.9 Å². The first-order valence-corrected chi connectivity index (χ1v) is 8.00. The fraction of sp³-hybridized carbons (Fsp3) is 0.667. The summed E-state index contributed by atoms with van der Waals surface area (Å²) in [5, 5.41) is 0. The fourth-order valence-corrected chi connectivity index (χ4v) is 3.31. The van der Waals surface area contributed by atoms with Crippen LogP contribution < -0.4 is 11.3 Å². The summed E-state index contributed by atoms with van der Waals surface area (Å²) in [7, 11) is 1.80. The summed E-state index contributed by atoms with van der Waals surface area (Å²) >= 11 is 3.41. The van der Waals surface area contributed by atoms with Gasteiger partial charge < -0.3 is 4.74 Å². The minimum atomic E-state index is -0.171. The van der Waals surface area contributed by atoms with E-state index in [0.717, 1.165) is 35.3 Å². The maximum Gasteiger partial charge on any atom is 0.0848 e. The largest absolute Gasteiger partial charge is 0.377 e. The number of aromatic nitrogens is 1. The molecule has 1 aromatic heterocycles. The molecule has 0 radical (unpaired) electrons. The average molecular weight is 342 g/mol. The van der Waals surface area contributed by atoms with Crippen LogP contribution in [0.1, 0.15) is 38.3 Å². The van der Waals surface area contributed by atoms with Gasteiger partial charge in [-0.05, 0) is 59.7 Å². The predicted octanol–water partition coefficient (Wildman–Crippen LogP) is 2.81. The molecule has 0 spiro atoms. The van der Waals surface area contributed by atoms with Crippen molar-refractivity contribution in [1.29, 1.82) is 0 Å². The van der Waals surface area contributed by atoms with E-state index >= 15 is 0 Å². The van der Waals surface area contributed by atoms with E-state index in [0.29, 0.717) is 0 Å². The first-order chi connectivity index (χ1) is 9.59. The molecular formula is C15H24BrN3O. The normalized spacial score (nSPS) is 28.3. The third-order valence-corrected chi connectivity index (χ3v) is 5.03. The number of nitrogens with one attached hydrogen (secondary N) is 1. The van der Waals surface area contributed by atoms with Crippen LogP contribution in [0.25, 0.3) is 0 Å². The van der Waals surface area contributed by atoms with Crippen molar-refractivity contribution in [3.05, 3.63) is 28.5 Å². The van der Waals surface area contributed by atoms with Crippen LogP contribution in [-0.2, 0) is 11.2 Å². The molecule has 2 rings (SSSR count). The van der Waals surface area contributed by atoms with Gasteiger partial charge in [0.05, 0.1) is 11.6 Å². The molecule has 5 heteroatoms. The van der Waals surface area contributed by atoms with Crippen LogP contribution in [0.5, 0.6) is 0 Å². The number of methoxy groups -OCH3 is 1. The van der Waals surface area contributed by atoms with Gasteiger partial charge in [-0.2, -0.15) is 0 Å². The van der Waals surface area contributed by atoms with E-state index in [9.17, 15) is 0 Å². The minimum absolute atomic E-state index is 0.0914. The molecule has 0 aliphatic heterocycles. The standard InChI is InChI=1S/C15H24BrN3O/c1-11-5-7-15(20-2,8-6-11)14(19-17)9-13-4-3-12(16)10-18-13/h3-4,10-11,14,19H,5-9,17H2,1-2H3.